The topological polar surface area (TPSA) is 38.0 Å². The number of aliphatic hydroxyl groups is 1. The second kappa shape index (κ2) is 5.63. The monoisotopic (exact) mass is 274 g/mol. The van der Waals surface area contributed by atoms with Crippen LogP contribution in [0.1, 0.15) is 50.9 Å². The van der Waals surface area contributed by atoms with Crippen molar-refractivity contribution in [3.8, 4) is 0 Å². The highest BCUT2D eigenvalue weighted by Crippen LogP contribution is 2.37. The molecule has 0 amide bonds. The van der Waals surface area contributed by atoms with Gasteiger partial charge in [0.05, 0.1) is 16.9 Å². The number of aromatic nitrogens is 2. The molecular weight excluding hydrogens is 256 g/mol. The lowest BCUT2D eigenvalue weighted by atomic mass is 10.1. The van der Waals surface area contributed by atoms with Crippen molar-refractivity contribution < 1.29 is 5.11 Å². The Morgan fingerprint density at radius 2 is 2.29 bits per heavy atom. The molecule has 1 aliphatic rings. The third kappa shape index (κ3) is 2.80. The van der Waals surface area contributed by atoms with Gasteiger partial charge in [0.1, 0.15) is 6.10 Å². The molecule has 1 N–H and O–H groups in total. The standard InChI is InChI=1S/C12H19ClN2OS/c1-8(2)15-11(9(13)7-14-15)12(16)10-5-3-4-6-17-10/h7-8,10,12,16H,3-6H2,1-2H3. The molecule has 1 saturated heterocycles. The summed E-state index contributed by atoms with van der Waals surface area (Å²) in [5, 5.41) is 15.6. The summed E-state index contributed by atoms with van der Waals surface area (Å²) in [4.78, 5) is 0. The Morgan fingerprint density at radius 1 is 1.53 bits per heavy atom. The van der Waals surface area contributed by atoms with E-state index >= 15 is 0 Å². The average molecular weight is 275 g/mol. The zero-order valence-corrected chi connectivity index (χ0v) is 11.8. The van der Waals surface area contributed by atoms with Crippen molar-refractivity contribution >= 4 is 23.4 Å². The Balaban J connectivity index is 2.22. The first kappa shape index (κ1) is 13.2. The van der Waals surface area contributed by atoms with Crippen LogP contribution in [0.3, 0.4) is 0 Å². The van der Waals surface area contributed by atoms with E-state index in [1.54, 1.807) is 6.20 Å². The average Bonchev–Trinajstić information content (AvgIpc) is 2.71. The van der Waals surface area contributed by atoms with Gasteiger partial charge in [-0.2, -0.15) is 16.9 Å². The molecular formula is C12H19ClN2OS. The van der Waals surface area contributed by atoms with Gasteiger partial charge in [-0.25, -0.2) is 0 Å². The molecule has 1 aromatic heterocycles. The third-order valence-corrected chi connectivity index (χ3v) is 4.86. The maximum absolute atomic E-state index is 10.5. The Labute approximate surface area is 112 Å². The Kier molecular flexibility index (Phi) is 4.39. The fraction of sp³-hybridized carbons (Fsp3) is 0.750. The molecule has 5 heteroatoms. The highest BCUT2D eigenvalue weighted by atomic mass is 35.5. The van der Waals surface area contributed by atoms with Crippen LogP contribution in [0.15, 0.2) is 6.20 Å². The molecule has 2 rings (SSSR count). The summed E-state index contributed by atoms with van der Waals surface area (Å²) in [7, 11) is 0. The first-order chi connectivity index (χ1) is 8.11. The van der Waals surface area contributed by atoms with Crippen LogP contribution < -0.4 is 0 Å². The van der Waals surface area contributed by atoms with E-state index in [-0.39, 0.29) is 11.3 Å². The van der Waals surface area contributed by atoms with Crippen LogP contribution >= 0.6 is 23.4 Å². The SMILES string of the molecule is CC(C)n1ncc(Cl)c1C(O)C1CCCCS1. The molecule has 0 aromatic carbocycles. The minimum absolute atomic E-state index is 0.223. The van der Waals surface area contributed by atoms with Crippen molar-refractivity contribution in [2.75, 3.05) is 5.75 Å². The molecule has 17 heavy (non-hydrogen) atoms. The van der Waals surface area contributed by atoms with E-state index in [2.05, 4.69) is 5.10 Å². The highest BCUT2D eigenvalue weighted by Gasteiger charge is 2.29. The predicted octanol–water partition coefficient (Wildman–Crippen LogP) is 3.44. The number of aliphatic hydroxyl groups excluding tert-OH is 1. The zero-order chi connectivity index (χ0) is 12.4. The van der Waals surface area contributed by atoms with E-state index in [1.807, 2.05) is 30.3 Å². The Morgan fingerprint density at radius 3 is 2.88 bits per heavy atom. The van der Waals surface area contributed by atoms with E-state index in [0.717, 1.165) is 17.9 Å². The van der Waals surface area contributed by atoms with Gasteiger partial charge >= 0.3 is 0 Å². The van der Waals surface area contributed by atoms with Gasteiger partial charge < -0.3 is 5.11 Å². The zero-order valence-electron chi connectivity index (χ0n) is 10.3. The Bertz CT molecular complexity index is 375. The predicted molar refractivity (Wildman–Crippen MR) is 72.7 cm³/mol. The number of nitrogens with zero attached hydrogens (tertiary/aromatic N) is 2. The van der Waals surface area contributed by atoms with E-state index < -0.39 is 6.10 Å². The molecule has 96 valence electrons. The number of thioether (sulfide) groups is 1. The van der Waals surface area contributed by atoms with Crippen molar-refractivity contribution in [3.63, 3.8) is 0 Å². The van der Waals surface area contributed by atoms with E-state index in [1.165, 1.54) is 12.8 Å². The number of rotatable bonds is 3. The second-order valence-corrected chi connectivity index (χ2v) is 6.52. The molecule has 1 aromatic rings. The van der Waals surface area contributed by atoms with Crippen molar-refractivity contribution in [1.29, 1.82) is 0 Å². The van der Waals surface area contributed by atoms with E-state index in [4.69, 9.17) is 11.6 Å². The van der Waals surface area contributed by atoms with Gasteiger partial charge in [0.2, 0.25) is 0 Å². The summed E-state index contributed by atoms with van der Waals surface area (Å²) < 4.78 is 1.84. The summed E-state index contributed by atoms with van der Waals surface area (Å²) in [5.74, 6) is 1.13. The maximum atomic E-state index is 10.5. The van der Waals surface area contributed by atoms with Crippen molar-refractivity contribution in [2.45, 2.75) is 50.5 Å². The van der Waals surface area contributed by atoms with Crippen molar-refractivity contribution in [2.24, 2.45) is 0 Å². The highest BCUT2D eigenvalue weighted by molar-refractivity contribution is 7.99. The molecule has 3 nitrogen and oxygen atoms in total. The molecule has 2 unspecified atom stereocenters. The van der Waals surface area contributed by atoms with Crippen LogP contribution in [0.5, 0.6) is 0 Å². The summed E-state index contributed by atoms with van der Waals surface area (Å²) >= 11 is 8.00. The lowest BCUT2D eigenvalue weighted by molar-refractivity contribution is 0.156. The van der Waals surface area contributed by atoms with Crippen molar-refractivity contribution in [3.05, 3.63) is 16.9 Å². The van der Waals surface area contributed by atoms with E-state index in [9.17, 15) is 5.11 Å². The molecule has 0 bridgehead atoms. The van der Waals surface area contributed by atoms with Gasteiger partial charge in [0.15, 0.2) is 0 Å². The van der Waals surface area contributed by atoms with Gasteiger partial charge in [-0.05, 0) is 32.4 Å². The normalized spacial score (nSPS) is 23.0. The summed E-state index contributed by atoms with van der Waals surface area (Å²) in [5.41, 5.74) is 0.779. The number of halogens is 1. The van der Waals surface area contributed by atoms with Crippen LogP contribution in [0.25, 0.3) is 0 Å². The minimum atomic E-state index is -0.502. The molecule has 0 radical (unpaired) electrons. The maximum Gasteiger partial charge on any atom is 0.109 e. The fourth-order valence-corrected chi connectivity index (χ4v) is 3.79. The minimum Gasteiger partial charge on any atom is -0.386 e. The fourth-order valence-electron chi connectivity index (χ4n) is 2.23. The second-order valence-electron chi connectivity index (χ2n) is 4.77. The third-order valence-electron chi connectivity index (χ3n) is 3.12. The lowest BCUT2D eigenvalue weighted by Gasteiger charge is -2.27. The molecule has 1 aliphatic heterocycles. The molecule has 0 saturated carbocycles. The quantitative estimate of drug-likeness (QED) is 0.918. The number of hydrogen-bond acceptors (Lipinski definition) is 3. The van der Waals surface area contributed by atoms with Gasteiger partial charge in [-0.1, -0.05) is 18.0 Å². The summed E-state index contributed by atoms with van der Waals surface area (Å²) in [6.07, 6.45) is 4.64. The van der Waals surface area contributed by atoms with Gasteiger partial charge in [-0.3, -0.25) is 4.68 Å². The van der Waals surface area contributed by atoms with Crippen LogP contribution in [0.4, 0.5) is 0 Å². The van der Waals surface area contributed by atoms with E-state index in [0.29, 0.717) is 5.02 Å². The lowest BCUT2D eigenvalue weighted by Crippen LogP contribution is -2.23. The van der Waals surface area contributed by atoms with Gasteiger partial charge in [0.25, 0.3) is 0 Å². The first-order valence-electron chi connectivity index (χ1n) is 6.14. The summed E-state index contributed by atoms with van der Waals surface area (Å²) in [6, 6.07) is 0.223. The Hall–Kier alpha value is -0.190. The van der Waals surface area contributed by atoms with Crippen molar-refractivity contribution in [1.82, 2.24) is 9.78 Å². The molecule has 2 atom stereocenters. The molecule has 1 fully saturated rings. The van der Waals surface area contributed by atoms with Crippen LogP contribution in [0.2, 0.25) is 5.02 Å². The van der Waals surface area contributed by atoms with Crippen LogP contribution in [-0.2, 0) is 0 Å². The van der Waals surface area contributed by atoms with Gasteiger partial charge in [0, 0.05) is 11.3 Å². The number of hydrogen-bond donors (Lipinski definition) is 1. The first-order valence-corrected chi connectivity index (χ1v) is 7.56. The summed E-state index contributed by atoms with van der Waals surface area (Å²) in [6.45, 7) is 4.10. The molecule has 2 heterocycles. The largest absolute Gasteiger partial charge is 0.386 e. The molecule has 0 spiro atoms. The smallest absolute Gasteiger partial charge is 0.109 e. The van der Waals surface area contributed by atoms with Gasteiger partial charge in [-0.15, -0.1) is 0 Å². The van der Waals surface area contributed by atoms with Crippen LogP contribution in [-0.4, -0.2) is 25.9 Å². The molecule has 0 aliphatic carbocycles. The van der Waals surface area contributed by atoms with Crippen LogP contribution in [0, 0.1) is 0 Å².